The predicted octanol–water partition coefficient (Wildman–Crippen LogP) is 4.80. The van der Waals surface area contributed by atoms with Crippen molar-refractivity contribution in [2.75, 3.05) is 19.7 Å². The molecule has 2 aliphatic rings. The van der Waals surface area contributed by atoms with Gasteiger partial charge in [0.2, 0.25) is 5.91 Å². The third-order valence-corrected chi connectivity index (χ3v) is 7.60. The lowest BCUT2D eigenvalue weighted by atomic mass is 9.85. The van der Waals surface area contributed by atoms with Crippen LogP contribution in [0.3, 0.4) is 0 Å². The fraction of sp³-hybridized carbons (Fsp3) is 0.464. The van der Waals surface area contributed by atoms with E-state index in [1.165, 1.54) is 4.90 Å². The van der Waals surface area contributed by atoms with E-state index in [-0.39, 0.29) is 37.6 Å². The summed E-state index contributed by atoms with van der Waals surface area (Å²) in [4.78, 5) is 39.1. The largest absolute Gasteiger partial charge is 0.480 e. The van der Waals surface area contributed by atoms with Crippen LogP contribution in [0.15, 0.2) is 48.5 Å². The second-order valence-corrected chi connectivity index (χ2v) is 9.86. The van der Waals surface area contributed by atoms with Gasteiger partial charge in [-0.15, -0.1) is 0 Å². The summed E-state index contributed by atoms with van der Waals surface area (Å²) in [5.74, 6) is -1.29. The molecule has 1 fully saturated rings. The van der Waals surface area contributed by atoms with E-state index in [1.807, 2.05) is 31.2 Å². The minimum absolute atomic E-state index is 0.0410. The van der Waals surface area contributed by atoms with E-state index in [0.29, 0.717) is 6.42 Å². The molecule has 0 aromatic heterocycles. The van der Waals surface area contributed by atoms with Crippen molar-refractivity contribution in [2.45, 2.75) is 57.9 Å². The minimum atomic E-state index is -1.02. The van der Waals surface area contributed by atoms with Crippen molar-refractivity contribution in [3.8, 4) is 11.1 Å². The van der Waals surface area contributed by atoms with Crippen LogP contribution in [0.25, 0.3) is 11.1 Å². The number of nitrogens with one attached hydrogen (secondary N) is 1. The molecule has 2 aromatic rings. The van der Waals surface area contributed by atoms with Crippen LogP contribution in [0.1, 0.15) is 63.0 Å². The maximum Gasteiger partial charge on any atom is 0.407 e. The lowest BCUT2D eigenvalue weighted by Gasteiger charge is -2.36. The first-order valence-corrected chi connectivity index (χ1v) is 12.5. The van der Waals surface area contributed by atoms with Gasteiger partial charge in [0.15, 0.2) is 0 Å². The number of rotatable bonds is 9. The highest BCUT2D eigenvalue weighted by Crippen LogP contribution is 2.44. The molecule has 0 radical (unpaired) electrons. The molecule has 0 saturated heterocycles. The minimum Gasteiger partial charge on any atom is -0.480 e. The van der Waals surface area contributed by atoms with Gasteiger partial charge in [0.25, 0.3) is 0 Å². The first kappa shape index (κ1) is 24.8. The maximum absolute atomic E-state index is 13.4. The van der Waals surface area contributed by atoms with Gasteiger partial charge in [-0.05, 0) is 48.4 Å². The molecule has 1 atom stereocenters. The molecule has 2 amide bonds. The molecule has 186 valence electrons. The second-order valence-electron chi connectivity index (χ2n) is 9.86. The summed E-state index contributed by atoms with van der Waals surface area (Å²) in [7, 11) is 0. The van der Waals surface area contributed by atoms with Gasteiger partial charge in [-0.1, -0.05) is 68.3 Å². The van der Waals surface area contributed by atoms with Crippen LogP contribution in [-0.2, 0) is 14.3 Å². The Hall–Kier alpha value is -3.35. The standard InChI is InChI=1S/C28H34N2O5/c1-3-28(2,26(33)30(16-25(31)32)19-10-4-5-11-19)18-29-27(34)35-17-24-22-14-8-6-12-20(22)21-13-7-9-15-23(21)24/h6-9,12-15,19,24H,3-5,10-11,16-18H2,1-2H3,(H,29,34)(H,31,32). The number of alkyl carbamates (subject to hydrolysis) is 1. The van der Waals surface area contributed by atoms with Crippen molar-refractivity contribution in [2.24, 2.45) is 5.41 Å². The average molecular weight is 479 g/mol. The molecule has 1 unspecified atom stereocenters. The predicted molar refractivity (Wildman–Crippen MR) is 133 cm³/mol. The smallest absolute Gasteiger partial charge is 0.407 e. The van der Waals surface area contributed by atoms with Gasteiger partial charge in [0.1, 0.15) is 13.2 Å². The van der Waals surface area contributed by atoms with Crippen molar-refractivity contribution in [3.63, 3.8) is 0 Å². The van der Waals surface area contributed by atoms with Gasteiger partial charge in [-0.25, -0.2) is 4.79 Å². The number of carbonyl (C=O) groups excluding carboxylic acids is 2. The molecule has 7 heteroatoms. The second kappa shape index (κ2) is 10.5. The quantitative estimate of drug-likeness (QED) is 0.540. The van der Waals surface area contributed by atoms with Gasteiger partial charge in [-0.3, -0.25) is 9.59 Å². The number of carboxylic acids is 1. The van der Waals surface area contributed by atoms with Gasteiger partial charge >= 0.3 is 12.1 Å². The first-order chi connectivity index (χ1) is 16.8. The van der Waals surface area contributed by atoms with Crippen molar-refractivity contribution >= 4 is 18.0 Å². The fourth-order valence-electron chi connectivity index (χ4n) is 5.34. The lowest BCUT2D eigenvalue weighted by Crippen LogP contribution is -2.52. The van der Waals surface area contributed by atoms with E-state index in [2.05, 4.69) is 29.6 Å². The SMILES string of the molecule is CCC(C)(CNC(=O)OCC1c2ccccc2-c2ccccc21)C(=O)N(CC(=O)O)C1CCCC1. The molecule has 0 aliphatic heterocycles. The zero-order chi connectivity index (χ0) is 25.0. The summed E-state index contributed by atoms with van der Waals surface area (Å²) < 4.78 is 5.62. The van der Waals surface area contributed by atoms with Crippen LogP contribution in [0.4, 0.5) is 4.79 Å². The molecule has 1 saturated carbocycles. The summed E-state index contributed by atoms with van der Waals surface area (Å²) in [5, 5.41) is 12.1. The monoisotopic (exact) mass is 478 g/mol. The Morgan fingerprint density at radius 1 is 1.03 bits per heavy atom. The van der Waals surface area contributed by atoms with Crippen molar-refractivity contribution in [1.82, 2.24) is 10.2 Å². The molecule has 0 spiro atoms. The summed E-state index contributed by atoms with van der Waals surface area (Å²) in [6, 6.07) is 16.2. The third-order valence-electron chi connectivity index (χ3n) is 7.60. The fourth-order valence-corrected chi connectivity index (χ4v) is 5.34. The Bertz CT molecular complexity index is 1050. The molecule has 7 nitrogen and oxygen atoms in total. The highest BCUT2D eigenvalue weighted by molar-refractivity contribution is 5.86. The van der Waals surface area contributed by atoms with Gasteiger partial charge < -0.3 is 20.1 Å². The average Bonchev–Trinajstić information content (AvgIpc) is 3.51. The Labute approximate surface area is 206 Å². The number of hydrogen-bond donors (Lipinski definition) is 2. The molecular formula is C28H34N2O5. The number of fused-ring (bicyclic) bond motifs is 3. The summed E-state index contributed by atoms with van der Waals surface area (Å²) in [6.45, 7) is 3.63. The van der Waals surface area contributed by atoms with E-state index >= 15 is 0 Å². The van der Waals surface area contributed by atoms with E-state index < -0.39 is 17.5 Å². The number of carboxylic acid groups (broad SMARTS) is 1. The molecule has 0 heterocycles. The highest BCUT2D eigenvalue weighted by atomic mass is 16.5. The number of nitrogens with zero attached hydrogens (tertiary/aromatic N) is 1. The van der Waals surface area contributed by atoms with Crippen LogP contribution in [0.5, 0.6) is 0 Å². The normalized spacial score (nSPS) is 16.7. The van der Waals surface area contributed by atoms with Crippen LogP contribution < -0.4 is 5.32 Å². The molecular weight excluding hydrogens is 444 g/mol. The summed E-state index contributed by atoms with van der Waals surface area (Å²) in [5.41, 5.74) is 3.68. The summed E-state index contributed by atoms with van der Waals surface area (Å²) in [6.07, 6.45) is 3.52. The van der Waals surface area contributed by atoms with Gasteiger partial charge in [0.05, 0.1) is 5.41 Å². The van der Waals surface area contributed by atoms with Crippen molar-refractivity contribution in [1.29, 1.82) is 0 Å². The van der Waals surface area contributed by atoms with Crippen molar-refractivity contribution in [3.05, 3.63) is 59.7 Å². The zero-order valence-electron chi connectivity index (χ0n) is 20.5. The van der Waals surface area contributed by atoms with Crippen molar-refractivity contribution < 1.29 is 24.2 Å². The number of benzene rings is 2. The number of ether oxygens (including phenoxy) is 1. The maximum atomic E-state index is 13.4. The number of amides is 2. The Balaban J connectivity index is 1.39. The first-order valence-electron chi connectivity index (χ1n) is 12.5. The molecule has 2 N–H and O–H groups in total. The Morgan fingerprint density at radius 3 is 2.14 bits per heavy atom. The van der Waals surface area contributed by atoms with Crippen LogP contribution in [0.2, 0.25) is 0 Å². The number of aliphatic carboxylic acids is 1. The van der Waals surface area contributed by atoms with Crippen LogP contribution >= 0.6 is 0 Å². The van der Waals surface area contributed by atoms with E-state index in [9.17, 15) is 19.5 Å². The Morgan fingerprint density at radius 2 is 1.60 bits per heavy atom. The van der Waals surface area contributed by atoms with Gasteiger partial charge in [0, 0.05) is 18.5 Å². The van der Waals surface area contributed by atoms with Crippen LogP contribution in [0, 0.1) is 5.41 Å². The van der Waals surface area contributed by atoms with Gasteiger partial charge in [-0.2, -0.15) is 0 Å². The zero-order valence-corrected chi connectivity index (χ0v) is 20.5. The Kier molecular flexibility index (Phi) is 7.43. The van der Waals surface area contributed by atoms with E-state index in [0.717, 1.165) is 47.9 Å². The number of carbonyl (C=O) groups is 3. The van der Waals surface area contributed by atoms with E-state index in [4.69, 9.17) is 4.74 Å². The molecule has 35 heavy (non-hydrogen) atoms. The molecule has 2 aliphatic carbocycles. The highest BCUT2D eigenvalue weighted by Gasteiger charge is 2.40. The number of hydrogen-bond acceptors (Lipinski definition) is 4. The third kappa shape index (κ3) is 5.19. The molecule has 0 bridgehead atoms. The molecule has 2 aromatic carbocycles. The summed E-state index contributed by atoms with van der Waals surface area (Å²) >= 11 is 0. The molecule has 4 rings (SSSR count). The lowest BCUT2D eigenvalue weighted by molar-refractivity contribution is -0.151. The van der Waals surface area contributed by atoms with Crippen LogP contribution in [-0.4, -0.2) is 53.7 Å². The van der Waals surface area contributed by atoms with E-state index in [1.54, 1.807) is 6.92 Å². The topological polar surface area (TPSA) is 95.9 Å².